The Morgan fingerprint density at radius 2 is 1.47 bits per heavy atom. The molecule has 0 aliphatic heterocycles. The Bertz CT molecular complexity index is 388. The van der Waals surface area contributed by atoms with E-state index < -0.39 is 0 Å². The Labute approximate surface area is 94.7 Å². The van der Waals surface area contributed by atoms with Crippen LogP contribution in [0.1, 0.15) is 5.69 Å². The lowest BCUT2D eigenvalue weighted by Crippen LogP contribution is -1.76. The van der Waals surface area contributed by atoms with Crippen LogP contribution in [0, 0.1) is 11.3 Å². The van der Waals surface area contributed by atoms with Crippen molar-refractivity contribution in [1.82, 2.24) is 4.98 Å². The molecule has 0 fully saturated rings. The lowest BCUT2D eigenvalue weighted by Gasteiger charge is -1.82. The van der Waals surface area contributed by atoms with Gasteiger partial charge >= 0.3 is 0 Å². The summed E-state index contributed by atoms with van der Waals surface area (Å²) in [5, 5.41) is 2.24. The number of pyridine rings is 1. The van der Waals surface area contributed by atoms with Gasteiger partial charge in [0.15, 0.2) is 0 Å². The van der Waals surface area contributed by atoms with Crippen molar-refractivity contribution in [2.45, 2.75) is 0 Å². The molecule has 0 saturated carbocycles. The summed E-state index contributed by atoms with van der Waals surface area (Å²) in [5.41, 5.74) is 0.701. The summed E-state index contributed by atoms with van der Waals surface area (Å²) in [6.07, 6.45) is 1.68. The van der Waals surface area contributed by atoms with Crippen LogP contribution in [-0.4, -0.2) is 4.98 Å². The molecule has 1 nitrogen and oxygen atoms in total. The van der Waals surface area contributed by atoms with Crippen LogP contribution in [0.25, 0.3) is 0 Å². The highest BCUT2D eigenvalue weighted by Gasteiger charge is 1.79. The molecule has 15 heavy (non-hydrogen) atoms. The zero-order valence-electron chi connectivity index (χ0n) is 8.10. The predicted molar refractivity (Wildman–Crippen MR) is 63.4 cm³/mol. The topological polar surface area (TPSA) is 12.9 Å². The summed E-state index contributed by atoms with van der Waals surface area (Å²) < 4.78 is 0. The Morgan fingerprint density at radius 1 is 0.867 bits per heavy atom. The van der Waals surface area contributed by atoms with Crippen LogP contribution in [0.5, 0.6) is 0 Å². The summed E-state index contributed by atoms with van der Waals surface area (Å²) in [6, 6.07) is 17.5. The molecule has 1 aromatic carbocycles. The number of benzene rings is 1. The second kappa shape index (κ2) is 7.61. The van der Waals surface area contributed by atoms with Crippen molar-refractivity contribution in [2.75, 3.05) is 0 Å². The molecule has 0 atom stereocenters. The van der Waals surface area contributed by atoms with Crippen molar-refractivity contribution < 1.29 is 0 Å². The molecule has 0 aliphatic carbocycles. The van der Waals surface area contributed by atoms with Gasteiger partial charge in [0.05, 0.1) is 0 Å². The zero-order valence-corrected chi connectivity index (χ0v) is 8.85. The van der Waals surface area contributed by atoms with Crippen LogP contribution < -0.4 is 0 Å². The minimum atomic E-state index is 0.701. The van der Waals surface area contributed by atoms with Gasteiger partial charge < -0.3 is 0 Å². The minimum absolute atomic E-state index is 0.701. The molecule has 1 heterocycles. The maximum absolute atomic E-state index is 5.13. The highest BCUT2D eigenvalue weighted by molar-refractivity contribution is 6.30. The van der Waals surface area contributed by atoms with E-state index >= 15 is 0 Å². The first-order valence-corrected chi connectivity index (χ1v) is 4.84. The standard InChI is InChI=1S/C7H4ClN.C6H6/c8-5-4-7-3-1-2-6-9-7;1-2-4-6-5-3-1/h1-3,6H;1-6H. The monoisotopic (exact) mass is 215 g/mol. The molecule has 0 spiro atoms. The molecular weight excluding hydrogens is 206 g/mol. The van der Waals surface area contributed by atoms with Crippen molar-refractivity contribution in [3.63, 3.8) is 0 Å². The SMILES string of the molecule is ClC#Cc1ccccn1.c1ccccc1. The second-order valence-corrected chi connectivity index (χ2v) is 2.78. The second-order valence-electron chi connectivity index (χ2n) is 2.59. The number of hydrogen-bond donors (Lipinski definition) is 0. The van der Waals surface area contributed by atoms with Gasteiger partial charge in [0.1, 0.15) is 5.69 Å². The van der Waals surface area contributed by atoms with Gasteiger partial charge in [-0.25, -0.2) is 4.98 Å². The molecule has 2 rings (SSSR count). The van der Waals surface area contributed by atoms with Gasteiger partial charge in [-0.1, -0.05) is 42.5 Å². The third kappa shape index (κ3) is 5.51. The first kappa shape index (κ1) is 11.3. The van der Waals surface area contributed by atoms with E-state index in [1.54, 1.807) is 12.3 Å². The molecule has 2 heteroatoms. The Morgan fingerprint density at radius 3 is 1.87 bits per heavy atom. The van der Waals surface area contributed by atoms with E-state index in [1.165, 1.54) is 0 Å². The first-order valence-electron chi connectivity index (χ1n) is 4.46. The normalized spacial score (nSPS) is 7.80. The number of hydrogen-bond acceptors (Lipinski definition) is 1. The van der Waals surface area contributed by atoms with Crippen molar-refractivity contribution in [1.29, 1.82) is 0 Å². The van der Waals surface area contributed by atoms with Crippen LogP contribution in [0.15, 0.2) is 60.8 Å². The van der Waals surface area contributed by atoms with Crippen molar-refractivity contribution >= 4 is 11.6 Å². The summed E-state index contributed by atoms with van der Waals surface area (Å²) in [7, 11) is 0. The number of rotatable bonds is 0. The quantitative estimate of drug-likeness (QED) is 0.615. The Hall–Kier alpha value is -1.78. The van der Waals surface area contributed by atoms with Crippen LogP contribution in [0.4, 0.5) is 0 Å². The van der Waals surface area contributed by atoms with Crippen LogP contribution >= 0.6 is 11.6 Å². The third-order valence-corrected chi connectivity index (χ3v) is 1.60. The molecule has 0 amide bonds. The van der Waals surface area contributed by atoms with E-state index in [1.807, 2.05) is 48.5 Å². The van der Waals surface area contributed by atoms with Crippen molar-refractivity contribution in [3.05, 3.63) is 66.5 Å². The molecule has 74 valence electrons. The smallest absolute Gasteiger partial charge is 0.114 e. The minimum Gasteiger partial charge on any atom is -0.248 e. The maximum Gasteiger partial charge on any atom is 0.114 e. The number of nitrogens with zero attached hydrogens (tertiary/aromatic N) is 1. The Balaban J connectivity index is 0.000000162. The van der Waals surface area contributed by atoms with Gasteiger partial charge in [-0.05, 0) is 29.7 Å². The van der Waals surface area contributed by atoms with Gasteiger partial charge in [0.2, 0.25) is 0 Å². The number of aromatic nitrogens is 1. The highest BCUT2D eigenvalue weighted by atomic mass is 35.5. The zero-order chi connectivity index (χ0) is 10.8. The van der Waals surface area contributed by atoms with E-state index in [-0.39, 0.29) is 0 Å². The van der Waals surface area contributed by atoms with E-state index in [2.05, 4.69) is 16.3 Å². The van der Waals surface area contributed by atoms with Gasteiger partial charge in [-0.2, -0.15) is 0 Å². The molecule has 0 bridgehead atoms. The molecule has 2 aromatic rings. The average Bonchev–Trinajstić information content (AvgIpc) is 2.34. The van der Waals surface area contributed by atoms with Crippen molar-refractivity contribution in [2.24, 2.45) is 0 Å². The average molecular weight is 216 g/mol. The van der Waals surface area contributed by atoms with E-state index in [0.717, 1.165) is 0 Å². The molecule has 0 N–H and O–H groups in total. The van der Waals surface area contributed by atoms with Crippen LogP contribution in [0.2, 0.25) is 0 Å². The molecular formula is C13H10ClN. The van der Waals surface area contributed by atoms with Gasteiger partial charge in [-0.15, -0.1) is 0 Å². The lowest BCUT2D eigenvalue weighted by atomic mass is 10.4. The molecule has 0 saturated heterocycles. The fourth-order valence-electron chi connectivity index (χ4n) is 0.870. The number of halogens is 1. The summed E-state index contributed by atoms with van der Waals surface area (Å²) >= 11 is 5.13. The summed E-state index contributed by atoms with van der Waals surface area (Å²) in [5.74, 6) is 2.61. The third-order valence-electron chi connectivity index (χ3n) is 1.51. The van der Waals surface area contributed by atoms with E-state index in [4.69, 9.17) is 11.6 Å². The summed E-state index contributed by atoms with van der Waals surface area (Å²) in [6.45, 7) is 0. The van der Waals surface area contributed by atoms with Gasteiger partial charge in [0, 0.05) is 11.6 Å². The van der Waals surface area contributed by atoms with Crippen LogP contribution in [-0.2, 0) is 0 Å². The fourth-order valence-corrected chi connectivity index (χ4v) is 0.967. The van der Waals surface area contributed by atoms with E-state index in [9.17, 15) is 0 Å². The maximum atomic E-state index is 5.13. The highest BCUT2D eigenvalue weighted by Crippen LogP contribution is 1.88. The van der Waals surface area contributed by atoms with Gasteiger partial charge in [0.25, 0.3) is 0 Å². The van der Waals surface area contributed by atoms with E-state index in [0.29, 0.717) is 5.69 Å². The molecule has 1 aromatic heterocycles. The van der Waals surface area contributed by atoms with Crippen LogP contribution in [0.3, 0.4) is 0 Å². The largest absolute Gasteiger partial charge is 0.248 e. The first-order chi connectivity index (χ1) is 7.43. The fraction of sp³-hybridized carbons (Fsp3) is 0. The van der Waals surface area contributed by atoms with Crippen molar-refractivity contribution in [3.8, 4) is 11.3 Å². The lowest BCUT2D eigenvalue weighted by molar-refractivity contribution is 1.29. The molecule has 0 aliphatic rings. The Kier molecular flexibility index (Phi) is 5.73. The summed E-state index contributed by atoms with van der Waals surface area (Å²) in [4.78, 5) is 3.91. The van der Waals surface area contributed by atoms with Gasteiger partial charge in [-0.3, -0.25) is 0 Å². The molecule has 0 radical (unpaired) electrons. The molecule has 0 unspecified atom stereocenters. The predicted octanol–water partition coefficient (Wildman–Crippen LogP) is 3.32.